The van der Waals surface area contributed by atoms with Crippen LogP contribution in [-0.2, 0) is 27.7 Å². The number of carbonyl (C=O) groups is 1. The largest absolute Gasteiger partial charge is 0.365 e. The van der Waals surface area contributed by atoms with Crippen LogP contribution in [0.3, 0.4) is 0 Å². The molecule has 9 heteroatoms. The maximum atomic E-state index is 12.3. The third kappa shape index (κ3) is 3.52. The first-order valence-electron chi connectivity index (χ1n) is 7.02. The third-order valence-electron chi connectivity index (χ3n) is 3.45. The van der Waals surface area contributed by atoms with Gasteiger partial charge in [-0.1, -0.05) is 0 Å². The molecule has 1 aromatic carbocycles. The molecule has 23 heavy (non-hydrogen) atoms. The van der Waals surface area contributed by atoms with Crippen LogP contribution in [0.25, 0.3) is 0 Å². The van der Waals surface area contributed by atoms with Crippen LogP contribution in [0.2, 0.25) is 0 Å². The minimum absolute atomic E-state index is 0.119. The molecule has 7 nitrogen and oxygen atoms in total. The third-order valence-corrected chi connectivity index (χ3v) is 5.82. The van der Waals surface area contributed by atoms with Gasteiger partial charge in [0, 0.05) is 31.1 Å². The number of nitrogens with one attached hydrogen (secondary N) is 3. The topological polar surface area (TPSA) is 100 Å². The predicted molar refractivity (Wildman–Crippen MR) is 89.3 cm³/mol. The van der Waals surface area contributed by atoms with Crippen molar-refractivity contribution < 1.29 is 13.2 Å². The van der Waals surface area contributed by atoms with E-state index in [1.807, 2.05) is 5.38 Å². The summed E-state index contributed by atoms with van der Waals surface area (Å²) in [6, 6.07) is 4.65. The van der Waals surface area contributed by atoms with Crippen LogP contribution in [0.5, 0.6) is 0 Å². The first kappa shape index (κ1) is 15.9. The monoisotopic (exact) mass is 352 g/mol. The molecule has 3 rings (SSSR count). The lowest BCUT2D eigenvalue weighted by Gasteiger charge is -2.07. The Morgan fingerprint density at radius 3 is 2.96 bits per heavy atom. The standard InChI is InChI=1S/C14H16N4O3S2/c1-15-14-17-10(8-22-14)4-5-16-23(20,21)11-2-3-12-9(6-11)7-13(19)18-12/h2-3,6,8,16H,4-5,7H2,1H3,(H,15,17)(H,18,19). The van der Waals surface area contributed by atoms with Gasteiger partial charge in [0.25, 0.3) is 0 Å². The quantitative estimate of drug-likeness (QED) is 0.725. The molecule has 0 atom stereocenters. The fourth-order valence-corrected chi connectivity index (χ4v) is 4.09. The highest BCUT2D eigenvalue weighted by molar-refractivity contribution is 7.89. The molecule has 122 valence electrons. The zero-order valence-electron chi connectivity index (χ0n) is 12.4. The summed E-state index contributed by atoms with van der Waals surface area (Å²) in [5.74, 6) is -0.119. The summed E-state index contributed by atoms with van der Waals surface area (Å²) in [6.07, 6.45) is 0.729. The molecule has 0 unspecified atom stereocenters. The second-order valence-corrected chi connectivity index (χ2v) is 7.71. The number of benzene rings is 1. The Kier molecular flexibility index (Phi) is 4.33. The van der Waals surface area contributed by atoms with Crippen molar-refractivity contribution in [1.29, 1.82) is 0 Å². The number of thiazole rings is 1. The number of hydrogen-bond acceptors (Lipinski definition) is 6. The van der Waals surface area contributed by atoms with Crippen molar-refractivity contribution in [2.75, 3.05) is 24.2 Å². The summed E-state index contributed by atoms with van der Waals surface area (Å²) in [5.41, 5.74) is 2.22. The maximum Gasteiger partial charge on any atom is 0.240 e. The van der Waals surface area contributed by atoms with Gasteiger partial charge < -0.3 is 10.6 Å². The molecule has 3 N–H and O–H groups in total. The fraction of sp³-hybridized carbons (Fsp3) is 0.286. The van der Waals surface area contributed by atoms with Gasteiger partial charge >= 0.3 is 0 Å². The fourth-order valence-electron chi connectivity index (χ4n) is 2.31. The van der Waals surface area contributed by atoms with Gasteiger partial charge in [0.15, 0.2) is 5.13 Å². The zero-order chi connectivity index (χ0) is 16.4. The molecule has 2 aromatic rings. The highest BCUT2D eigenvalue weighted by Crippen LogP contribution is 2.25. The van der Waals surface area contributed by atoms with Crippen LogP contribution in [0.4, 0.5) is 10.8 Å². The number of anilines is 2. The molecule has 0 radical (unpaired) electrons. The SMILES string of the molecule is CNc1nc(CCNS(=O)(=O)c2ccc3c(c2)CC(=O)N3)cs1. The summed E-state index contributed by atoms with van der Waals surface area (Å²) in [6.45, 7) is 0.267. The molecule has 2 heterocycles. The predicted octanol–water partition coefficient (Wildman–Crippen LogP) is 1.20. The number of nitrogens with zero attached hydrogens (tertiary/aromatic N) is 1. The van der Waals surface area contributed by atoms with E-state index < -0.39 is 10.0 Å². The zero-order valence-corrected chi connectivity index (χ0v) is 14.1. The normalized spacial score (nSPS) is 13.7. The van der Waals surface area contributed by atoms with E-state index >= 15 is 0 Å². The van der Waals surface area contributed by atoms with Crippen LogP contribution < -0.4 is 15.4 Å². The highest BCUT2D eigenvalue weighted by Gasteiger charge is 2.21. The van der Waals surface area contributed by atoms with Crippen molar-refractivity contribution in [2.24, 2.45) is 0 Å². The molecule has 0 fully saturated rings. The molecule has 1 aliphatic heterocycles. The van der Waals surface area contributed by atoms with Crippen LogP contribution >= 0.6 is 11.3 Å². The summed E-state index contributed by atoms with van der Waals surface area (Å²) < 4.78 is 27.2. The second kappa shape index (κ2) is 6.26. The van der Waals surface area contributed by atoms with Crippen LogP contribution in [0.1, 0.15) is 11.3 Å². The average Bonchev–Trinajstić information content (AvgIpc) is 3.11. The molecule has 0 spiro atoms. The van der Waals surface area contributed by atoms with Gasteiger partial charge in [0.1, 0.15) is 0 Å². The first-order chi connectivity index (χ1) is 11.0. The van der Waals surface area contributed by atoms with Gasteiger partial charge in [-0.05, 0) is 23.8 Å². The van der Waals surface area contributed by atoms with Crippen molar-refractivity contribution in [1.82, 2.24) is 9.71 Å². The smallest absolute Gasteiger partial charge is 0.240 e. The number of amides is 1. The van der Waals surface area contributed by atoms with E-state index in [0.717, 1.165) is 10.8 Å². The minimum atomic E-state index is -3.60. The van der Waals surface area contributed by atoms with E-state index in [-0.39, 0.29) is 23.8 Å². The molecule has 1 aromatic heterocycles. The number of fused-ring (bicyclic) bond motifs is 1. The first-order valence-corrected chi connectivity index (χ1v) is 9.39. The maximum absolute atomic E-state index is 12.3. The van der Waals surface area contributed by atoms with Gasteiger partial charge in [-0.2, -0.15) is 0 Å². The molecule has 1 amide bonds. The van der Waals surface area contributed by atoms with Crippen molar-refractivity contribution in [3.8, 4) is 0 Å². The van der Waals surface area contributed by atoms with Crippen LogP contribution in [0.15, 0.2) is 28.5 Å². The minimum Gasteiger partial charge on any atom is -0.365 e. The summed E-state index contributed by atoms with van der Waals surface area (Å²) in [4.78, 5) is 15.8. The van der Waals surface area contributed by atoms with Crippen molar-refractivity contribution in [3.05, 3.63) is 34.8 Å². The molecule has 0 saturated heterocycles. The Morgan fingerprint density at radius 1 is 1.39 bits per heavy atom. The van der Waals surface area contributed by atoms with Crippen LogP contribution in [-0.4, -0.2) is 32.9 Å². The van der Waals surface area contributed by atoms with Crippen LogP contribution in [0, 0.1) is 0 Å². The number of carbonyl (C=O) groups excluding carboxylic acids is 1. The summed E-state index contributed by atoms with van der Waals surface area (Å²) in [5, 5.41) is 8.32. The lowest BCUT2D eigenvalue weighted by Crippen LogP contribution is -2.26. The molecular formula is C14H16N4O3S2. The Morgan fingerprint density at radius 2 is 2.22 bits per heavy atom. The van der Waals surface area contributed by atoms with Gasteiger partial charge in [-0.3, -0.25) is 4.79 Å². The molecule has 0 bridgehead atoms. The van der Waals surface area contributed by atoms with E-state index in [1.54, 1.807) is 13.1 Å². The Bertz CT molecular complexity index is 845. The summed E-state index contributed by atoms with van der Waals surface area (Å²) in [7, 11) is -1.81. The van der Waals surface area contributed by atoms with E-state index in [1.165, 1.54) is 23.5 Å². The number of sulfonamides is 1. The number of aromatic nitrogens is 1. The van der Waals surface area contributed by atoms with Gasteiger partial charge in [0.05, 0.1) is 17.0 Å². The van der Waals surface area contributed by atoms with Crippen molar-refractivity contribution >= 4 is 38.1 Å². The molecule has 0 aliphatic carbocycles. The Hall–Kier alpha value is -1.97. The number of hydrogen-bond donors (Lipinski definition) is 3. The summed E-state index contributed by atoms with van der Waals surface area (Å²) >= 11 is 1.48. The molecule has 0 saturated carbocycles. The molecular weight excluding hydrogens is 336 g/mol. The van der Waals surface area contributed by atoms with Crippen molar-refractivity contribution in [3.63, 3.8) is 0 Å². The second-order valence-electron chi connectivity index (χ2n) is 5.09. The van der Waals surface area contributed by atoms with E-state index in [9.17, 15) is 13.2 Å². The highest BCUT2D eigenvalue weighted by atomic mass is 32.2. The van der Waals surface area contributed by atoms with Crippen molar-refractivity contribution in [2.45, 2.75) is 17.7 Å². The van der Waals surface area contributed by atoms with Gasteiger partial charge in [0.2, 0.25) is 15.9 Å². The van der Waals surface area contributed by atoms with Gasteiger partial charge in [-0.15, -0.1) is 11.3 Å². The Balaban J connectivity index is 1.65. The van der Waals surface area contributed by atoms with E-state index in [2.05, 4.69) is 20.3 Å². The van der Waals surface area contributed by atoms with E-state index in [0.29, 0.717) is 17.7 Å². The number of rotatable bonds is 6. The Labute approximate surface area is 138 Å². The van der Waals surface area contributed by atoms with E-state index in [4.69, 9.17) is 0 Å². The average molecular weight is 352 g/mol. The molecule has 1 aliphatic rings. The van der Waals surface area contributed by atoms with Gasteiger partial charge in [-0.25, -0.2) is 18.1 Å². The lowest BCUT2D eigenvalue weighted by molar-refractivity contribution is -0.115. The lowest BCUT2D eigenvalue weighted by atomic mass is 10.2.